The van der Waals surface area contributed by atoms with Crippen molar-refractivity contribution in [2.75, 3.05) is 40.4 Å². The SMILES string of the molecule is COc1ccc(CCNCCCCCCNCCc2ccccc2)c(CCc2ccccc2C(F)(F)F)c1OC.Cl.Cl. The zero-order valence-corrected chi connectivity index (χ0v) is 26.2. The maximum absolute atomic E-state index is 13.5. The second kappa shape index (κ2) is 20.5. The van der Waals surface area contributed by atoms with Gasteiger partial charge in [0.25, 0.3) is 0 Å². The molecule has 0 atom stereocenters. The van der Waals surface area contributed by atoms with Gasteiger partial charge in [0.1, 0.15) is 0 Å². The van der Waals surface area contributed by atoms with Gasteiger partial charge in [0.05, 0.1) is 19.8 Å². The predicted octanol–water partition coefficient (Wildman–Crippen LogP) is 7.88. The topological polar surface area (TPSA) is 42.5 Å². The number of ether oxygens (including phenoxy) is 2. The molecule has 4 nitrogen and oxygen atoms in total. The third-order valence-corrected chi connectivity index (χ3v) is 7.17. The van der Waals surface area contributed by atoms with Crippen molar-refractivity contribution in [2.24, 2.45) is 0 Å². The zero-order chi connectivity index (χ0) is 28.6. The molecule has 0 aliphatic heterocycles. The van der Waals surface area contributed by atoms with Gasteiger partial charge in [-0.15, -0.1) is 24.8 Å². The summed E-state index contributed by atoms with van der Waals surface area (Å²) in [6.45, 7) is 3.81. The van der Waals surface area contributed by atoms with Crippen molar-refractivity contribution in [1.82, 2.24) is 10.6 Å². The summed E-state index contributed by atoms with van der Waals surface area (Å²) in [4.78, 5) is 0. The van der Waals surface area contributed by atoms with Gasteiger partial charge in [-0.25, -0.2) is 0 Å². The maximum atomic E-state index is 13.5. The van der Waals surface area contributed by atoms with Gasteiger partial charge in [0.15, 0.2) is 11.5 Å². The van der Waals surface area contributed by atoms with Crippen LogP contribution in [-0.4, -0.2) is 40.4 Å². The molecule has 42 heavy (non-hydrogen) atoms. The number of hydrogen-bond acceptors (Lipinski definition) is 4. The molecule has 0 heterocycles. The average molecular weight is 630 g/mol. The summed E-state index contributed by atoms with van der Waals surface area (Å²) in [5.41, 5.74) is 3.04. The fourth-order valence-corrected chi connectivity index (χ4v) is 5.02. The molecule has 234 valence electrons. The van der Waals surface area contributed by atoms with Gasteiger partial charge in [-0.05, 0) is 93.5 Å². The highest BCUT2D eigenvalue weighted by Gasteiger charge is 2.32. The molecule has 3 aromatic carbocycles. The lowest BCUT2D eigenvalue weighted by Crippen LogP contribution is -2.20. The second-order valence-electron chi connectivity index (χ2n) is 9.99. The Balaban J connectivity index is 0.00000441. The summed E-state index contributed by atoms with van der Waals surface area (Å²) in [5, 5.41) is 7.05. The number of halogens is 5. The Morgan fingerprint density at radius 2 is 1.21 bits per heavy atom. The number of unbranched alkanes of at least 4 members (excludes halogenated alkanes) is 3. The molecule has 0 fully saturated rings. The van der Waals surface area contributed by atoms with Gasteiger partial charge in [0, 0.05) is 5.56 Å². The molecule has 0 bridgehead atoms. The van der Waals surface area contributed by atoms with Crippen molar-refractivity contribution in [3.63, 3.8) is 0 Å². The Morgan fingerprint density at radius 3 is 1.83 bits per heavy atom. The van der Waals surface area contributed by atoms with Crippen LogP contribution >= 0.6 is 24.8 Å². The lowest BCUT2D eigenvalue weighted by molar-refractivity contribution is -0.138. The van der Waals surface area contributed by atoms with Crippen LogP contribution in [-0.2, 0) is 31.9 Å². The van der Waals surface area contributed by atoms with Gasteiger partial charge in [-0.2, -0.15) is 13.2 Å². The summed E-state index contributed by atoms with van der Waals surface area (Å²) in [5.74, 6) is 1.19. The first kappa shape index (κ1) is 37.6. The van der Waals surface area contributed by atoms with Crippen LogP contribution in [0.5, 0.6) is 11.5 Å². The minimum absolute atomic E-state index is 0. The number of methoxy groups -OCH3 is 2. The summed E-state index contributed by atoms with van der Waals surface area (Å²) in [7, 11) is 3.15. The van der Waals surface area contributed by atoms with E-state index in [4.69, 9.17) is 9.47 Å². The van der Waals surface area contributed by atoms with E-state index in [1.807, 2.05) is 18.2 Å². The monoisotopic (exact) mass is 628 g/mol. The third-order valence-electron chi connectivity index (χ3n) is 7.17. The molecule has 0 amide bonds. The third kappa shape index (κ3) is 12.4. The highest BCUT2D eigenvalue weighted by molar-refractivity contribution is 5.85. The smallest absolute Gasteiger partial charge is 0.416 e. The summed E-state index contributed by atoms with van der Waals surface area (Å²) >= 11 is 0. The van der Waals surface area contributed by atoms with Crippen molar-refractivity contribution in [2.45, 2.75) is 57.5 Å². The van der Waals surface area contributed by atoms with Crippen molar-refractivity contribution < 1.29 is 22.6 Å². The molecule has 0 radical (unpaired) electrons. The standard InChI is InChI=1S/C33H43F3N2O2.2ClH/c1-39-31-19-17-27(29(32(31)40-2)18-16-28-14-8-9-15-30(28)33(34,35)36)21-25-38-23-11-4-3-10-22-37-24-20-26-12-6-5-7-13-26;;/h5-9,12-15,17,19,37-38H,3-4,10-11,16,18,20-25H2,1-2H3;2*1H. The lowest BCUT2D eigenvalue weighted by atomic mass is 9.94. The van der Waals surface area contributed by atoms with E-state index in [0.717, 1.165) is 62.6 Å². The van der Waals surface area contributed by atoms with Crippen LogP contribution < -0.4 is 20.1 Å². The molecule has 3 rings (SSSR count). The number of aryl methyl sites for hydroxylation is 1. The number of benzene rings is 3. The van der Waals surface area contributed by atoms with Crippen LogP contribution in [0.2, 0.25) is 0 Å². The highest BCUT2D eigenvalue weighted by atomic mass is 35.5. The van der Waals surface area contributed by atoms with Crippen molar-refractivity contribution in [3.8, 4) is 11.5 Å². The zero-order valence-electron chi connectivity index (χ0n) is 24.6. The molecule has 3 aromatic rings. The lowest BCUT2D eigenvalue weighted by Gasteiger charge is -2.18. The first-order valence-electron chi connectivity index (χ1n) is 14.3. The fourth-order valence-electron chi connectivity index (χ4n) is 5.02. The van der Waals surface area contributed by atoms with Gasteiger partial charge < -0.3 is 20.1 Å². The number of nitrogens with one attached hydrogen (secondary N) is 2. The molecule has 0 aliphatic rings. The Kier molecular flexibility index (Phi) is 18.3. The molecule has 0 saturated carbocycles. The molecule has 0 aliphatic carbocycles. The van der Waals surface area contributed by atoms with E-state index in [-0.39, 0.29) is 36.8 Å². The second-order valence-corrected chi connectivity index (χ2v) is 9.99. The van der Waals surface area contributed by atoms with Crippen LogP contribution in [0.4, 0.5) is 13.2 Å². The molecule has 0 spiro atoms. The van der Waals surface area contributed by atoms with E-state index in [1.165, 1.54) is 30.9 Å². The number of rotatable bonds is 18. The summed E-state index contributed by atoms with van der Waals surface area (Å²) in [6, 6.07) is 20.2. The van der Waals surface area contributed by atoms with E-state index >= 15 is 0 Å². The van der Waals surface area contributed by atoms with Gasteiger partial charge in [-0.1, -0.05) is 67.4 Å². The van der Waals surface area contributed by atoms with Crippen molar-refractivity contribution in [3.05, 3.63) is 94.5 Å². The molecule has 2 N–H and O–H groups in total. The molecule has 0 unspecified atom stereocenters. The Labute approximate surface area is 261 Å². The van der Waals surface area contributed by atoms with Crippen molar-refractivity contribution in [1.29, 1.82) is 0 Å². The van der Waals surface area contributed by atoms with E-state index in [2.05, 4.69) is 34.9 Å². The van der Waals surface area contributed by atoms with E-state index < -0.39 is 11.7 Å². The fraction of sp³-hybridized carbons (Fsp3) is 0.455. The van der Waals surface area contributed by atoms with Crippen molar-refractivity contribution >= 4 is 24.8 Å². The first-order valence-corrected chi connectivity index (χ1v) is 14.3. The van der Waals surface area contributed by atoms with Crippen LogP contribution in [0.3, 0.4) is 0 Å². The quantitative estimate of drug-likeness (QED) is 0.141. The van der Waals surface area contributed by atoms with Crippen LogP contribution in [0.15, 0.2) is 66.7 Å². The molecule has 9 heteroatoms. The molecule has 0 saturated heterocycles. The van der Waals surface area contributed by atoms with Crippen LogP contribution in [0.25, 0.3) is 0 Å². The van der Waals surface area contributed by atoms with Gasteiger partial charge in [0.2, 0.25) is 0 Å². The number of alkyl halides is 3. The molecular weight excluding hydrogens is 584 g/mol. The minimum Gasteiger partial charge on any atom is -0.493 e. The minimum atomic E-state index is -4.37. The van der Waals surface area contributed by atoms with E-state index in [1.54, 1.807) is 26.4 Å². The van der Waals surface area contributed by atoms with Crippen LogP contribution in [0.1, 0.15) is 53.5 Å². The van der Waals surface area contributed by atoms with Crippen LogP contribution in [0, 0.1) is 0 Å². The van der Waals surface area contributed by atoms with Gasteiger partial charge in [-0.3, -0.25) is 0 Å². The highest BCUT2D eigenvalue weighted by Crippen LogP contribution is 2.36. The molecule has 0 aromatic heterocycles. The van der Waals surface area contributed by atoms with Gasteiger partial charge >= 0.3 is 6.18 Å². The normalized spacial score (nSPS) is 11.0. The Hall–Kier alpha value is -2.45. The molecular formula is C33H45Cl2F3N2O2. The Morgan fingerprint density at radius 1 is 0.595 bits per heavy atom. The summed E-state index contributed by atoms with van der Waals surface area (Å²) in [6.07, 6.45) is 2.85. The predicted molar refractivity (Wildman–Crippen MR) is 171 cm³/mol. The number of hydrogen-bond donors (Lipinski definition) is 2. The average Bonchev–Trinajstić information content (AvgIpc) is 2.96. The maximum Gasteiger partial charge on any atom is 0.416 e. The first-order chi connectivity index (χ1) is 19.4. The van der Waals surface area contributed by atoms with E-state index in [0.29, 0.717) is 17.9 Å². The Bertz CT molecular complexity index is 1150. The summed E-state index contributed by atoms with van der Waals surface area (Å²) < 4.78 is 51.6. The van der Waals surface area contributed by atoms with E-state index in [9.17, 15) is 13.2 Å². The largest absolute Gasteiger partial charge is 0.493 e.